The third kappa shape index (κ3) is 6.65. The average molecular weight is 381 g/mol. The van der Waals surface area contributed by atoms with Crippen molar-refractivity contribution in [2.45, 2.75) is 32.0 Å². The first kappa shape index (κ1) is 20.3. The maximum absolute atomic E-state index is 12.1. The first-order valence-corrected chi connectivity index (χ1v) is 8.11. The van der Waals surface area contributed by atoms with E-state index < -0.39 is 18.2 Å². The SMILES string of the molecule is CC(C(=O)O)c1cccc(NC(=O)CCc2ccc(OC(F)(F)F)cc2)c1. The van der Waals surface area contributed by atoms with Crippen LogP contribution in [-0.2, 0) is 16.0 Å². The molecule has 0 spiro atoms. The smallest absolute Gasteiger partial charge is 0.481 e. The van der Waals surface area contributed by atoms with E-state index in [4.69, 9.17) is 5.11 Å². The molecule has 0 fully saturated rings. The molecule has 1 amide bonds. The molecular formula is C19H18F3NO4. The lowest BCUT2D eigenvalue weighted by atomic mass is 10.0. The number of aryl methyl sites for hydroxylation is 1. The highest BCUT2D eigenvalue weighted by Gasteiger charge is 2.30. The number of carboxylic acids is 1. The van der Waals surface area contributed by atoms with Crippen LogP contribution in [0.4, 0.5) is 18.9 Å². The normalized spacial score (nSPS) is 12.3. The van der Waals surface area contributed by atoms with E-state index in [1.54, 1.807) is 31.2 Å². The molecule has 0 aliphatic rings. The van der Waals surface area contributed by atoms with Crippen LogP contribution in [0.25, 0.3) is 0 Å². The van der Waals surface area contributed by atoms with Gasteiger partial charge in [-0.2, -0.15) is 0 Å². The highest BCUT2D eigenvalue weighted by molar-refractivity contribution is 5.91. The maximum atomic E-state index is 12.1. The van der Waals surface area contributed by atoms with Gasteiger partial charge in [0.25, 0.3) is 0 Å². The van der Waals surface area contributed by atoms with Crippen molar-refractivity contribution in [3.63, 3.8) is 0 Å². The quantitative estimate of drug-likeness (QED) is 0.748. The molecular weight excluding hydrogens is 363 g/mol. The Labute approximate surface area is 153 Å². The summed E-state index contributed by atoms with van der Waals surface area (Å²) in [6, 6.07) is 11.9. The van der Waals surface area contributed by atoms with Crippen LogP contribution in [0.15, 0.2) is 48.5 Å². The first-order valence-electron chi connectivity index (χ1n) is 8.11. The second-order valence-electron chi connectivity index (χ2n) is 5.93. The standard InChI is InChI=1S/C19H18F3NO4/c1-12(18(25)26)14-3-2-4-15(11-14)23-17(24)10-7-13-5-8-16(9-6-13)27-19(20,21)22/h2-6,8-9,11-12H,7,10H2,1H3,(H,23,24)(H,25,26). The van der Waals surface area contributed by atoms with Crippen molar-refractivity contribution in [2.75, 3.05) is 5.32 Å². The topological polar surface area (TPSA) is 75.6 Å². The fourth-order valence-electron chi connectivity index (χ4n) is 2.37. The molecule has 0 aliphatic carbocycles. The molecule has 0 radical (unpaired) electrons. The van der Waals surface area contributed by atoms with Gasteiger partial charge in [-0.15, -0.1) is 13.2 Å². The predicted octanol–water partition coefficient (Wildman–Crippen LogP) is 4.34. The highest BCUT2D eigenvalue weighted by Crippen LogP contribution is 2.23. The summed E-state index contributed by atoms with van der Waals surface area (Å²) < 4.78 is 40.1. The van der Waals surface area contributed by atoms with E-state index >= 15 is 0 Å². The molecule has 0 saturated heterocycles. The number of anilines is 1. The summed E-state index contributed by atoms with van der Waals surface area (Å²) in [6.45, 7) is 1.55. The van der Waals surface area contributed by atoms with Crippen molar-refractivity contribution < 1.29 is 32.6 Å². The van der Waals surface area contributed by atoms with Crippen LogP contribution in [0.5, 0.6) is 5.75 Å². The van der Waals surface area contributed by atoms with E-state index in [9.17, 15) is 22.8 Å². The number of halogens is 3. The van der Waals surface area contributed by atoms with Gasteiger partial charge >= 0.3 is 12.3 Å². The van der Waals surface area contributed by atoms with Crippen molar-refractivity contribution in [2.24, 2.45) is 0 Å². The molecule has 0 aromatic heterocycles. The molecule has 0 heterocycles. The molecule has 2 aromatic carbocycles. The van der Waals surface area contributed by atoms with E-state index in [1.165, 1.54) is 24.3 Å². The molecule has 2 aromatic rings. The van der Waals surface area contributed by atoms with E-state index in [0.29, 0.717) is 23.2 Å². The number of nitrogens with one attached hydrogen (secondary N) is 1. The van der Waals surface area contributed by atoms with E-state index in [1.807, 2.05) is 0 Å². The zero-order valence-corrected chi connectivity index (χ0v) is 14.4. The second kappa shape index (κ2) is 8.57. The summed E-state index contributed by atoms with van der Waals surface area (Å²) in [7, 11) is 0. The Balaban J connectivity index is 1.89. The molecule has 0 bridgehead atoms. The van der Waals surface area contributed by atoms with Gasteiger partial charge in [0, 0.05) is 12.1 Å². The van der Waals surface area contributed by atoms with Gasteiger partial charge in [0.05, 0.1) is 5.92 Å². The van der Waals surface area contributed by atoms with Crippen LogP contribution < -0.4 is 10.1 Å². The van der Waals surface area contributed by atoms with Gasteiger partial charge in [-0.05, 0) is 48.7 Å². The minimum absolute atomic E-state index is 0.123. The molecule has 5 nitrogen and oxygen atoms in total. The fraction of sp³-hybridized carbons (Fsp3) is 0.263. The van der Waals surface area contributed by atoms with E-state index in [2.05, 4.69) is 10.1 Å². The number of carboxylic acid groups (broad SMARTS) is 1. The van der Waals surface area contributed by atoms with Gasteiger partial charge in [-0.1, -0.05) is 24.3 Å². The third-order valence-electron chi connectivity index (χ3n) is 3.84. The number of rotatable bonds is 7. The van der Waals surface area contributed by atoms with Gasteiger partial charge in [-0.3, -0.25) is 9.59 Å². The summed E-state index contributed by atoms with van der Waals surface area (Å²) in [5.74, 6) is -2.26. The predicted molar refractivity (Wildman–Crippen MR) is 92.6 cm³/mol. The van der Waals surface area contributed by atoms with Gasteiger partial charge in [0.15, 0.2) is 0 Å². The van der Waals surface area contributed by atoms with Crippen molar-refractivity contribution in [1.29, 1.82) is 0 Å². The molecule has 27 heavy (non-hydrogen) atoms. The number of benzene rings is 2. The Bertz CT molecular complexity index is 803. The van der Waals surface area contributed by atoms with Crippen LogP contribution in [0.2, 0.25) is 0 Å². The Morgan fingerprint density at radius 3 is 2.41 bits per heavy atom. The summed E-state index contributed by atoms with van der Waals surface area (Å²) >= 11 is 0. The summed E-state index contributed by atoms with van der Waals surface area (Å²) in [6.07, 6.45) is -4.28. The zero-order valence-electron chi connectivity index (χ0n) is 14.4. The van der Waals surface area contributed by atoms with Crippen LogP contribution in [0, 0.1) is 0 Å². The summed E-state index contributed by atoms with van der Waals surface area (Å²) in [4.78, 5) is 23.1. The Hall–Kier alpha value is -3.03. The largest absolute Gasteiger partial charge is 0.573 e. The zero-order chi connectivity index (χ0) is 20.0. The van der Waals surface area contributed by atoms with Crippen LogP contribution in [0.3, 0.4) is 0 Å². The monoisotopic (exact) mass is 381 g/mol. The Kier molecular flexibility index (Phi) is 6.44. The average Bonchev–Trinajstić information content (AvgIpc) is 2.59. The number of carbonyl (C=O) groups is 2. The van der Waals surface area contributed by atoms with E-state index in [0.717, 1.165) is 0 Å². The molecule has 2 rings (SSSR count). The number of carbonyl (C=O) groups excluding carboxylic acids is 1. The molecule has 0 saturated carbocycles. The number of ether oxygens (including phenoxy) is 1. The van der Waals surface area contributed by atoms with Crippen LogP contribution in [0.1, 0.15) is 30.4 Å². The van der Waals surface area contributed by atoms with Crippen LogP contribution >= 0.6 is 0 Å². The molecule has 0 aliphatic heterocycles. The van der Waals surface area contributed by atoms with Gasteiger partial charge in [0.2, 0.25) is 5.91 Å². The fourth-order valence-corrected chi connectivity index (χ4v) is 2.37. The number of hydrogen-bond donors (Lipinski definition) is 2. The molecule has 1 atom stereocenters. The Morgan fingerprint density at radius 2 is 1.81 bits per heavy atom. The van der Waals surface area contributed by atoms with Crippen molar-refractivity contribution in [1.82, 2.24) is 0 Å². The van der Waals surface area contributed by atoms with Crippen LogP contribution in [-0.4, -0.2) is 23.3 Å². The minimum Gasteiger partial charge on any atom is -0.481 e. The van der Waals surface area contributed by atoms with Crippen molar-refractivity contribution in [3.8, 4) is 5.75 Å². The number of aliphatic carboxylic acids is 1. The number of amides is 1. The lowest BCUT2D eigenvalue weighted by molar-refractivity contribution is -0.274. The minimum atomic E-state index is -4.74. The molecule has 2 N–H and O–H groups in total. The lowest BCUT2D eigenvalue weighted by Crippen LogP contribution is -2.17. The van der Waals surface area contributed by atoms with Crippen molar-refractivity contribution >= 4 is 17.6 Å². The molecule has 8 heteroatoms. The summed E-state index contributed by atoms with van der Waals surface area (Å²) in [5, 5.41) is 11.7. The second-order valence-corrected chi connectivity index (χ2v) is 5.93. The van der Waals surface area contributed by atoms with Gasteiger partial charge in [0.1, 0.15) is 5.75 Å². The molecule has 1 unspecified atom stereocenters. The Morgan fingerprint density at radius 1 is 1.15 bits per heavy atom. The number of hydrogen-bond acceptors (Lipinski definition) is 3. The highest BCUT2D eigenvalue weighted by atomic mass is 19.4. The van der Waals surface area contributed by atoms with Gasteiger partial charge < -0.3 is 15.2 Å². The molecule has 144 valence electrons. The van der Waals surface area contributed by atoms with Crippen molar-refractivity contribution in [3.05, 3.63) is 59.7 Å². The first-order chi connectivity index (χ1) is 12.6. The van der Waals surface area contributed by atoms with E-state index in [-0.39, 0.29) is 18.1 Å². The lowest BCUT2D eigenvalue weighted by Gasteiger charge is -2.11. The maximum Gasteiger partial charge on any atom is 0.573 e. The summed E-state index contributed by atoms with van der Waals surface area (Å²) in [5.41, 5.74) is 1.74. The van der Waals surface area contributed by atoms with Gasteiger partial charge in [-0.25, -0.2) is 0 Å². The third-order valence-corrected chi connectivity index (χ3v) is 3.84. The number of alkyl halides is 3.